The normalized spacial score (nSPS) is 14.2. The summed E-state index contributed by atoms with van der Waals surface area (Å²) in [4.78, 5) is 0. The molecule has 1 rings (SSSR count). The van der Waals surface area contributed by atoms with Crippen molar-refractivity contribution >= 4 is 39.9 Å². The molecule has 1 aromatic carbocycles. The van der Waals surface area contributed by atoms with Crippen LogP contribution in [-0.2, 0) is 0 Å². The van der Waals surface area contributed by atoms with Gasteiger partial charge in [-0.3, -0.25) is 0 Å². The summed E-state index contributed by atoms with van der Waals surface area (Å²) in [5.74, 6) is 0.578. The van der Waals surface area contributed by atoms with Crippen LogP contribution >= 0.6 is 39.9 Å². The summed E-state index contributed by atoms with van der Waals surface area (Å²) < 4.78 is 0.808. The lowest BCUT2D eigenvalue weighted by molar-refractivity contribution is 0.128. The van der Waals surface area contributed by atoms with Gasteiger partial charge in [0, 0.05) is 4.47 Å². The van der Waals surface area contributed by atoms with Crippen molar-refractivity contribution in [1.29, 1.82) is 0 Å². The van der Waals surface area contributed by atoms with E-state index < -0.39 is 6.10 Å². The molecule has 2 nitrogen and oxygen atoms in total. The van der Waals surface area contributed by atoms with E-state index in [-0.39, 0.29) is 18.4 Å². The molecule has 1 aromatic rings. The molecular formula is C13H20BrCl2NO. The Hall–Kier alpha value is 0.200. The van der Waals surface area contributed by atoms with Gasteiger partial charge in [0.2, 0.25) is 0 Å². The fourth-order valence-electron chi connectivity index (χ4n) is 1.63. The molecule has 2 atom stereocenters. The molecule has 0 aliphatic carbocycles. The highest BCUT2D eigenvalue weighted by Gasteiger charge is 2.17. The molecule has 5 heteroatoms. The Morgan fingerprint density at radius 2 is 1.94 bits per heavy atom. The molecule has 0 radical (unpaired) electrons. The number of rotatable bonds is 5. The minimum Gasteiger partial charge on any atom is -0.391 e. The molecule has 0 bridgehead atoms. The maximum Gasteiger partial charge on any atom is 0.0732 e. The third-order valence-corrected chi connectivity index (χ3v) is 4.00. The van der Waals surface area contributed by atoms with E-state index >= 15 is 0 Å². The number of nitrogens with two attached hydrogens (primary N) is 1. The van der Waals surface area contributed by atoms with E-state index in [0.717, 1.165) is 22.9 Å². The van der Waals surface area contributed by atoms with E-state index in [1.165, 1.54) is 0 Å². The van der Waals surface area contributed by atoms with Gasteiger partial charge in [0.1, 0.15) is 0 Å². The van der Waals surface area contributed by atoms with Crippen LogP contribution in [0.3, 0.4) is 0 Å². The van der Waals surface area contributed by atoms with E-state index in [0.29, 0.717) is 10.9 Å². The Labute approximate surface area is 128 Å². The second kappa shape index (κ2) is 8.39. The first-order valence-electron chi connectivity index (χ1n) is 5.80. The highest BCUT2D eigenvalue weighted by molar-refractivity contribution is 9.10. The van der Waals surface area contributed by atoms with Gasteiger partial charge in [-0.15, -0.1) is 12.4 Å². The summed E-state index contributed by atoms with van der Waals surface area (Å²) >= 11 is 9.27. The second-order valence-corrected chi connectivity index (χ2v) is 6.00. The topological polar surface area (TPSA) is 46.2 Å². The van der Waals surface area contributed by atoms with Gasteiger partial charge in [0.15, 0.2) is 0 Å². The Morgan fingerprint density at radius 3 is 2.44 bits per heavy atom. The standard InChI is InChI=1S/C13H19BrClNO.ClH/c1-8(2)3-6-12(17)13(16)9-4-5-11(15)10(14)7-9;/h4-5,7-8,12-13,17H,3,6,16H2,1-2H3;1H/t12-,13+;/m0./s1. The van der Waals surface area contributed by atoms with E-state index in [1.807, 2.05) is 12.1 Å². The summed E-state index contributed by atoms with van der Waals surface area (Å²) in [6.07, 6.45) is 1.19. The highest BCUT2D eigenvalue weighted by Crippen LogP contribution is 2.27. The van der Waals surface area contributed by atoms with Crippen molar-refractivity contribution in [3.8, 4) is 0 Å². The van der Waals surface area contributed by atoms with Crippen molar-refractivity contribution < 1.29 is 5.11 Å². The largest absolute Gasteiger partial charge is 0.391 e. The van der Waals surface area contributed by atoms with Crippen LogP contribution in [0.25, 0.3) is 0 Å². The zero-order chi connectivity index (χ0) is 13.0. The maximum atomic E-state index is 10.0. The first-order valence-corrected chi connectivity index (χ1v) is 6.97. The van der Waals surface area contributed by atoms with Crippen LogP contribution in [0, 0.1) is 5.92 Å². The van der Waals surface area contributed by atoms with Crippen LogP contribution in [0.4, 0.5) is 0 Å². The highest BCUT2D eigenvalue weighted by atomic mass is 79.9. The Morgan fingerprint density at radius 1 is 1.33 bits per heavy atom. The zero-order valence-corrected chi connectivity index (χ0v) is 13.7. The van der Waals surface area contributed by atoms with Crippen LogP contribution in [0.1, 0.15) is 38.3 Å². The molecule has 0 saturated heterocycles. The number of aliphatic hydroxyl groups excluding tert-OH is 1. The lowest BCUT2D eigenvalue weighted by Crippen LogP contribution is -2.26. The molecule has 0 aliphatic rings. The lowest BCUT2D eigenvalue weighted by atomic mass is 9.96. The van der Waals surface area contributed by atoms with Gasteiger partial charge in [0.25, 0.3) is 0 Å². The number of halogens is 3. The predicted octanol–water partition coefficient (Wildman–Crippen LogP) is 4.32. The van der Waals surface area contributed by atoms with Gasteiger partial charge in [-0.1, -0.05) is 31.5 Å². The van der Waals surface area contributed by atoms with Gasteiger partial charge in [-0.2, -0.15) is 0 Å². The van der Waals surface area contributed by atoms with Gasteiger partial charge in [-0.05, 0) is 52.4 Å². The fourth-order valence-corrected chi connectivity index (χ4v) is 2.14. The quantitative estimate of drug-likeness (QED) is 0.825. The number of benzene rings is 1. The summed E-state index contributed by atoms with van der Waals surface area (Å²) in [6.45, 7) is 4.27. The molecule has 0 aliphatic heterocycles. The van der Waals surface area contributed by atoms with Crippen LogP contribution in [0.5, 0.6) is 0 Å². The van der Waals surface area contributed by atoms with Crippen molar-refractivity contribution in [2.45, 2.75) is 38.8 Å². The van der Waals surface area contributed by atoms with Crippen LogP contribution in [0.15, 0.2) is 22.7 Å². The monoisotopic (exact) mass is 355 g/mol. The molecule has 0 aromatic heterocycles. The molecule has 0 spiro atoms. The molecule has 0 saturated carbocycles. The minimum atomic E-state index is -0.509. The summed E-state index contributed by atoms with van der Waals surface area (Å²) in [7, 11) is 0. The van der Waals surface area contributed by atoms with Gasteiger partial charge < -0.3 is 10.8 Å². The van der Waals surface area contributed by atoms with Gasteiger partial charge >= 0.3 is 0 Å². The third-order valence-electron chi connectivity index (χ3n) is 2.78. The average molecular weight is 357 g/mol. The molecule has 18 heavy (non-hydrogen) atoms. The minimum absolute atomic E-state index is 0. The second-order valence-electron chi connectivity index (χ2n) is 4.74. The lowest BCUT2D eigenvalue weighted by Gasteiger charge is -2.20. The molecule has 104 valence electrons. The van der Waals surface area contributed by atoms with Crippen molar-refractivity contribution in [3.63, 3.8) is 0 Å². The first kappa shape index (κ1) is 18.2. The van der Waals surface area contributed by atoms with E-state index in [9.17, 15) is 5.11 Å². The zero-order valence-electron chi connectivity index (χ0n) is 10.6. The SMILES string of the molecule is CC(C)CC[C@H](O)[C@H](N)c1ccc(Cl)c(Br)c1.Cl. The number of hydrogen-bond donors (Lipinski definition) is 2. The van der Waals surface area contributed by atoms with Crippen molar-refractivity contribution in [2.24, 2.45) is 11.7 Å². The molecule has 0 heterocycles. The summed E-state index contributed by atoms with van der Waals surface area (Å²) in [6, 6.07) is 5.15. The summed E-state index contributed by atoms with van der Waals surface area (Å²) in [5.41, 5.74) is 6.93. The van der Waals surface area contributed by atoms with Crippen molar-refractivity contribution in [3.05, 3.63) is 33.3 Å². The first-order chi connectivity index (χ1) is 7.91. The smallest absolute Gasteiger partial charge is 0.0732 e. The maximum absolute atomic E-state index is 10.0. The van der Waals surface area contributed by atoms with Crippen LogP contribution in [-0.4, -0.2) is 11.2 Å². The fraction of sp³-hybridized carbons (Fsp3) is 0.538. The molecule has 0 amide bonds. The average Bonchev–Trinajstić information content (AvgIpc) is 2.28. The third kappa shape index (κ3) is 5.45. The number of hydrogen-bond acceptors (Lipinski definition) is 2. The van der Waals surface area contributed by atoms with Crippen LogP contribution in [0.2, 0.25) is 5.02 Å². The van der Waals surface area contributed by atoms with Crippen molar-refractivity contribution in [2.75, 3.05) is 0 Å². The molecular weight excluding hydrogens is 337 g/mol. The number of aliphatic hydroxyl groups is 1. The van der Waals surface area contributed by atoms with E-state index in [1.54, 1.807) is 6.07 Å². The van der Waals surface area contributed by atoms with E-state index in [4.69, 9.17) is 17.3 Å². The molecule has 3 N–H and O–H groups in total. The molecule has 0 unspecified atom stereocenters. The van der Waals surface area contributed by atoms with E-state index in [2.05, 4.69) is 29.8 Å². The van der Waals surface area contributed by atoms with Crippen molar-refractivity contribution in [1.82, 2.24) is 0 Å². The Bertz CT molecular complexity index is 374. The van der Waals surface area contributed by atoms with Crippen LogP contribution < -0.4 is 5.73 Å². The van der Waals surface area contributed by atoms with Gasteiger partial charge in [0.05, 0.1) is 17.2 Å². The molecule has 0 fully saturated rings. The predicted molar refractivity (Wildman–Crippen MR) is 83.4 cm³/mol. The van der Waals surface area contributed by atoms with Gasteiger partial charge in [-0.25, -0.2) is 0 Å². The summed E-state index contributed by atoms with van der Waals surface area (Å²) in [5, 5.41) is 10.7. The Balaban J connectivity index is 0.00000289. The Kier molecular flexibility index (Phi) is 8.48.